The van der Waals surface area contributed by atoms with Crippen LogP contribution in [0.5, 0.6) is 0 Å². The Morgan fingerprint density at radius 3 is 2.78 bits per heavy atom. The molecule has 0 saturated heterocycles. The van der Waals surface area contributed by atoms with Crippen molar-refractivity contribution < 1.29 is 9.90 Å². The number of carboxylic acid groups (broad SMARTS) is 1. The van der Waals surface area contributed by atoms with Crippen LogP contribution in [0.4, 0.5) is 0 Å². The first kappa shape index (κ1) is 11.6. The van der Waals surface area contributed by atoms with E-state index in [9.17, 15) is 9.59 Å². The smallest absolute Gasteiger partial charge is 0.346 e. The van der Waals surface area contributed by atoms with Gasteiger partial charge in [0.05, 0.1) is 0 Å². The Labute approximate surface area is 102 Å². The maximum absolute atomic E-state index is 11.4. The van der Waals surface area contributed by atoms with Crippen LogP contribution in [0.25, 0.3) is 17.0 Å². The number of nitrogens with zero attached hydrogens (tertiary/aromatic N) is 1. The van der Waals surface area contributed by atoms with E-state index in [0.29, 0.717) is 16.5 Å². The van der Waals surface area contributed by atoms with Crippen molar-refractivity contribution in [1.82, 2.24) is 4.98 Å². The minimum absolute atomic E-state index is 0.345. The lowest BCUT2D eigenvalue weighted by atomic mass is 10.1. The number of hydrogen-bond donors (Lipinski definition) is 2. The molecule has 0 saturated carbocycles. The van der Waals surface area contributed by atoms with Gasteiger partial charge >= 0.3 is 5.97 Å². The molecular weight excluding hydrogens is 232 g/mol. The van der Waals surface area contributed by atoms with E-state index in [1.54, 1.807) is 30.3 Å². The number of nitriles is 1. The molecule has 2 aromatic rings. The van der Waals surface area contributed by atoms with Crippen molar-refractivity contribution in [3.63, 3.8) is 0 Å². The van der Waals surface area contributed by atoms with Gasteiger partial charge in [0, 0.05) is 17.0 Å². The number of carboxylic acids is 1. The summed E-state index contributed by atoms with van der Waals surface area (Å²) in [6.07, 6.45) is 1.19. The third-order valence-corrected chi connectivity index (χ3v) is 2.43. The highest BCUT2D eigenvalue weighted by Crippen LogP contribution is 2.17. The maximum Gasteiger partial charge on any atom is 0.346 e. The number of H-pyrrole nitrogens is 1. The van der Waals surface area contributed by atoms with Gasteiger partial charge < -0.3 is 10.1 Å². The summed E-state index contributed by atoms with van der Waals surface area (Å²) < 4.78 is 0. The summed E-state index contributed by atoms with van der Waals surface area (Å²) in [4.78, 5) is 24.8. The standard InChI is InChI=1S/C13H8N2O3/c14-7-9(13(17)18)5-8-6-12(16)15-11-4-2-1-3-10(8)11/h1-6H,(H,15,16)(H,17,18)/b9-5-. The molecule has 2 rings (SSSR count). The molecule has 0 spiro atoms. The first-order chi connectivity index (χ1) is 8.61. The molecule has 0 amide bonds. The van der Waals surface area contributed by atoms with E-state index < -0.39 is 11.5 Å². The second-order valence-corrected chi connectivity index (χ2v) is 3.61. The number of aromatic nitrogens is 1. The van der Waals surface area contributed by atoms with E-state index in [1.165, 1.54) is 12.1 Å². The van der Waals surface area contributed by atoms with Gasteiger partial charge in [0.2, 0.25) is 5.56 Å². The topological polar surface area (TPSA) is 94.0 Å². The number of carbonyl (C=O) groups is 1. The second-order valence-electron chi connectivity index (χ2n) is 3.61. The summed E-state index contributed by atoms with van der Waals surface area (Å²) in [6.45, 7) is 0. The Bertz CT molecular complexity index is 751. The summed E-state index contributed by atoms with van der Waals surface area (Å²) in [5, 5.41) is 18.2. The van der Waals surface area contributed by atoms with Crippen molar-refractivity contribution in [2.24, 2.45) is 0 Å². The normalized spacial score (nSPS) is 11.2. The highest BCUT2D eigenvalue weighted by Gasteiger charge is 2.08. The number of aliphatic carboxylic acids is 1. The Morgan fingerprint density at radius 1 is 1.39 bits per heavy atom. The molecule has 18 heavy (non-hydrogen) atoms. The Hall–Kier alpha value is -2.87. The lowest BCUT2D eigenvalue weighted by molar-refractivity contribution is -0.132. The van der Waals surface area contributed by atoms with E-state index in [-0.39, 0.29) is 5.56 Å². The molecule has 0 unspecified atom stereocenters. The molecular formula is C13H8N2O3. The molecule has 0 fully saturated rings. The molecule has 0 radical (unpaired) electrons. The predicted octanol–water partition coefficient (Wildman–Crippen LogP) is 1.52. The van der Waals surface area contributed by atoms with E-state index in [4.69, 9.17) is 10.4 Å². The molecule has 1 heterocycles. The molecule has 1 aromatic heterocycles. The molecule has 88 valence electrons. The summed E-state index contributed by atoms with van der Waals surface area (Å²) in [5.74, 6) is -1.32. The molecule has 0 bridgehead atoms. The number of benzene rings is 1. The molecule has 5 heteroatoms. The average Bonchev–Trinajstić information content (AvgIpc) is 2.35. The van der Waals surface area contributed by atoms with Gasteiger partial charge in [0.25, 0.3) is 0 Å². The molecule has 2 N–H and O–H groups in total. The number of hydrogen-bond acceptors (Lipinski definition) is 3. The van der Waals surface area contributed by atoms with Crippen LogP contribution in [-0.4, -0.2) is 16.1 Å². The quantitative estimate of drug-likeness (QED) is 0.614. The van der Waals surface area contributed by atoms with Crippen LogP contribution in [0, 0.1) is 11.3 Å². The van der Waals surface area contributed by atoms with Gasteiger partial charge in [-0.15, -0.1) is 0 Å². The third kappa shape index (κ3) is 2.13. The zero-order chi connectivity index (χ0) is 13.1. The summed E-state index contributed by atoms with van der Waals surface area (Å²) in [7, 11) is 0. The number of fused-ring (bicyclic) bond motifs is 1. The van der Waals surface area contributed by atoms with Crippen LogP contribution in [0.15, 0.2) is 40.7 Å². The van der Waals surface area contributed by atoms with Crippen molar-refractivity contribution in [3.05, 3.63) is 51.8 Å². The van der Waals surface area contributed by atoms with Crippen LogP contribution in [0.1, 0.15) is 5.56 Å². The highest BCUT2D eigenvalue weighted by molar-refractivity contribution is 5.99. The van der Waals surface area contributed by atoms with Crippen LogP contribution in [0.2, 0.25) is 0 Å². The van der Waals surface area contributed by atoms with Crippen molar-refractivity contribution in [2.75, 3.05) is 0 Å². The number of aromatic amines is 1. The zero-order valence-electron chi connectivity index (χ0n) is 9.18. The largest absolute Gasteiger partial charge is 0.477 e. The van der Waals surface area contributed by atoms with Gasteiger partial charge in [-0.3, -0.25) is 4.79 Å². The SMILES string of the molecule is N#C/C(=C/c1cc(=O)[nH]c2ccccc12)C(=O)O. The van der Waals surface area contributed by atoms with Gasteiger partial charge in [-0.25, -0.2) is 4.79 Å². The van der Waals surface area contributed by atoms with Gasteiger partial charge in [-0.05, 0) is 17.7 Å². The predicted molar refractivity (Wildman–Crippen MR) is 65.8 cm³/mol. The van der Waals surface area contributed by atoms with Crippen LogP contribution in [-0.2, 0) is 4.79 Å². The lowest BCUT2D eigenvalue weighted by Gasteiger charge is -2.01. The molecule has 1 aromatic carbocycles. The van der Waals surface area contributed by atoms with Crippen LogP contribution >= 0.6 is 0 Å². The van der Waals surface area contributed by atoms with Crippen molar-refractivity contribution in [2.45, 2.75) is 0 Å². The maximum atomic E-state index is 11.4. The number of nitrogens with one attached hydrogen (secondary N) is 1. The molecule has 0 aliphatic carbocycles. The van der Waals surface area contributed by atoms with E-state index in [1.807, 2.05) is 0 Å². The Morgan fingerprint density at radius 2 is 2.11 bits per heavy atom. The average molecular weight is 240 g/mol. The van der Waals surface area contributed by atoms with Crippen molar-refractivity contribution in [3.8, 4) is 6.07 Å². The zero-order valence-corrected chi connectivity index (χ0v) is 9.18. The summed E-state index contributed by atoms with van der Waals surface area (Å²) in [5.41, 5.74) is 0.251. The highest BCUT2D eigenvalue weighted by atomic mass is 16.4. The molecule has 0 aliphatic rings. The summed E-state index contributed by atoms with van der Waals surface area (Å²) in [6, 6.07) is 9.83. The minimum atomic E-state index is -1.32. The molecule has 0 atom stereocenters. The van der Waals surface area contributed by atoms with Gasteiger partial charge in [0.1, 0.15) is 11.6 Å². The number of para-hydroxylation sites is 1. The van der Waals surface area contributed by atoms with E-state index >= 15 is 0 Å². The fourth-order valence-corrected chi connectivity index (χ4v) is 1.65. The van der Waals surface area contributed by atoms with Crippen LogP contribution in [0.3, 0.4) is 0 Å². The first-order valence-electron chi connectivity index (χ1n) is 5.09. The molecule has 5 nitrogen and oxygen atoms in total. The fraction of sp³-hybridized carbons (Fsp3) is 0. The minimum Gasteiger partial charge on any atom is -0.477 e. The van der Waals surface area contributed by atoms with Crippen molar-refractivity contribution in [1.29, 1.82) is 5.26 Å². The van der Waals surface area contributed by atoms with E-state index in [0.717, 1.165) is 0 Å². The second kappa shape index (κ2) is 4.55. The number of pyridine rings is 1. The van der Waals surface area contributed by atoms with Gasteiger partial charge in [-0.1, -0.05) is 18.2 Å². The fourth-order valence-electron chi connectivity index (χ4n) is 1.65. The van der Waals surface area contributed by atoms with Crippen LogP contribution < -0.4 is 5.56 Å². The Balaban J connectivity index is 2.76. The molecule has 0 aliphatic heterocycles. The van der Waals surface area contributed by atoms with Gasteiger partial charge in [0.15, 0.2) is 0 Å². The first-order valence-corrected chi connectivity index (χ1v) is 5.09. The van der Waals surface area contributed by atoms with E-state index in [2.05, 4.69) is 4.98 Å². The van der Waals surface area contributed by atoms with Gasteiger partial charge in [-0.2, -0.15) is 5.26 Å². The Kier molecular flexibility index (Phi) is 2.94. The monoisotopic (exact) mass is 240 g/mol. The number of rotatable bonds is 2. The van der Waals surface area contributed by atoms with Crippen molar-refractivity contribution >= 4 is 22.9 Å². The lowest BCUT2D eigenvalue weighted by Crippen LogP contribution is -2.05. The third-order valence-electron chi connectivity index (χ3n) is 2.43. The summed E-state index contributed by atoms with van der Waals surface area (Å²) >= 11 is 0.